The summed E-state index contributed by atoms with van der Waals surface area (Å²) in [5.41, 5.74) is 1.97. The summed E-state index contributed by atoms with van der Waals surface area (Å²) in [6, 6.07) is 12.2. The van der Waals surface area contributed by atoms with E-state index in [0.717, 1.165) is 18.5 Å². The summed E-state index contributed by atoms with van der Waals surface area (Å²) in [5, 5.41) is 6.58. The third-order valence-electron chi connectivity index (χ3n) is 3.78. The van der Waals surface area contributed by atoms with E-state index >= 15 is 0 Å². The molecule has 0 heterocycles. The van der Waals surface area contributed by atoms with Crippen molar-refractivity contribution in [3.05, 3.63) is 58.1 Å². The van der Waals surface area contributed by atoms with Gasteiger partial charge in [-0.1, -0.05) is 29.3 Å². The molecule has 1 saturated carbocycles. The van der Waals surface area contributed by atoms with Crippen LogP contribution in [-0.2, 0) is 16.0 Å². The lowest BCUT2D eigenvalue weighted by Crippen LogP contribution is -2.15. The monoisotopic (exact) mass is 362 g/mol. The van der Waals surface area contributed by atoms with Crippen molar-refractivity contribution >= 4 is 46.4 Å². The predicted molar refractivity (Wildman–Crippen MR) is 96.6 cm³/mol. The molecule has 3 rings (SSSR count). The van der Waals surface area contributed by atoms with E-state index in [1.54, 1.807) is 42.5 Å². The number of amides is 2. The van der Waals surface area contributed by atoms with E-state index in [1.165, 1.54) is 0 Å². The van der Waals surface area contributed by atoms with Crippen LogP contribution in [0.3, 0.4) is 0 Å². The molecule has 4 nitrogen and oxygen atoms in total. The van der Waals surface area contributed by atoms with Crippen LogP contribution in [0, 0.1) is 5.92 Å². The van der Waals surface area contributed by atoms with Gasteiger partial charge in [-0.2, -0.15) is 0 Å². The van der Waals surface area contributed by atoms with Gasteiger partial charge in [0.15, 0.2) is 0 Å². The van der Waals surface area contributed by atoms with Gasteiger partial charge in [-0.25, -0.2) is 0 Å². The van der Waals surface area contributed by atoms with Crippen LogP contribution >= 0.6 is 23.2 Å². The molecule has 6 heteroatoms. The Bertz CT molecular complexity index is 751. The highest BCUT2D eigenvalue weighted by atomic mass is 35.5. The first-order chi connectivity index (χ1) is 11.5. The van der Waals surface area contributed by atoms with Gasteiger partial charge in [0.05, 0.1) is 6.42 Å². The Morgan fingerprint density at radius 2 is 1.46 bits per heavy atom. The number of carbonyl (C=O) groups excluding carboxylic acids is 2. The van der Waals surface area contributed by atoms with Crippen molar-refractivity contribution in [1.29, 1.82) is 0 Å². The minimum absolute atomic E-state index is 0.0557. The minimum Gasteiger partial charge on any atom is -0.326 e. The lowest BCUT2D eigenvalue weighted by molar-refractivity contribution is -0.117. The highest BCUT2D eigenvalue weighted by Gasteiger charge is 2.29. The van der Waals surface area contributed by atoms with Crippen molar-refractivity contribution in [2.24, 2.45) is 5.92 Å². The molecule has 0 aliphatic heterocycles. The van der Waals surface area contributed by atoms with Crippen molar-refractivity contribution in [1.82, 2.24) is 0 Å². The van der Waals surface area contributed by atoms with Crippen LogP contribution in [0.1, 0.15) is 18.4 Å². The number of rotatable bonds is 5. The van der Waals surface area contributed by atoms with Crippen LogP contribution in [0.15, 0.2) is 42.5 Å². The number of hydrogen-bond acceptors (Lipinski definition) is 2. The van der Waals surface area contributed by atoms with Gasteiger partial charge in [0.1, 0.15) is 0 Å². The largest absolute Gasteiger partial charge is 0.326 e. The Balaban J connectivity index is 1.59. The number of halogens is 2. The molecule has 1 aliphatic carbocycles. The van der Waals surface area contributed by atoms with Crippen LogP contribution in [0.2, 0.25) is 10.0 Å². The lowest BCUT2D eigenvalue weighted by Gasteiger charge is -2.09. The second-order valence-electron chi connectivity index (χ2n) is 5.77. The van der Waals surface area contributed by atoms with Gasteiger partial charge >= 0.3 is 0 Å². The zero-order chi connectivity index (χ0) is 17.1. The molecule has 0 radical (unpaired) electrons. The molecule has 1 fully saturated rings. The van der Waals surface area contributed by atoms with E-state index < -0.39 is 0 Å². The predicted octanol–water partition coefficient (Wildman–Crippen LogP) is 4.52. The molecule has 0 unspecified atom stereocenters. The minimum atomic E-state index is -0.209. The number of benzene rings is 2. The molecule has 0 aromatic heterocycles. The Hall–Kier alpha value is -2.04. The third-order valence-corrected chi connectivity index (χ3v) is 4.49. The first-order valence-electron chi connectivity index (χ1n) is 7.66. The quantitative estimate of drug-likeness (QED) is 0.820. The Morgan fingerprint density at radius 3 is 2.00 bits per heavy atom. The molecular weight excluding hydrogens is 347 g/mol. The fourth-order valence-electron chi connectivity index (χ4n) is 2.29. The maximum atomic E-state index is 12.1. The summed E-state index contributed by atoms with van der Waals surface area (Å²) in [6.45, 7) is 0. The smallest absolute Gasteiger partial charge is 0.228 e. The average Bonchev–Trinajstić information content (AvgIpc) is 3.38. The van der Waals surface area contributed by atoms with Crippen LogP contribution in [0.5, 0.6) is 0 Å². The molecule has 0 atom stereocenters. The molecule has 2 aromatic carbocycles. The fraction of sp³-hybridized carbons (Fsp3) is 0.222. The van der Waals surface area contributed by atoms with Gasteiger partial charge in [-0.15, -0.1) is 0 Å². The maximum absolute atomic E-state index is 12.1. The molecule has 1 aliphatic rings. The highest BCUT2D eigenvalue weighted by Crippen LogP contribution is 2.30. The lowest BCUT2D eigenvalue weighted by atomic mass is 10.1. The van der Waals surface area contributed by atoms with Gasteiger partial charge in [0.25, 0.3) is 0 Å². The molecular formula is C18H16Cl2N2O2. The SMILES string of the molecule is O=C(Cc1c(Cl)cccc1Cl)Nc1ccc(NC(=O)C2CC2)cc1. The second-order valence-corrected chi connectivity index (χ2v) is 6.58. The Kier molecular flexibility index (Phi) is 5.07. The summed E-state index contributed by atoms with van der Waals surface area (Å²) >= 11 is 12.1. The Morgan fingerprint density at radius 1 is 0.917 bits per heavy atom. The van der Waals surface area contributed by atoms with E-state index in [-0.39, 0.29) is 24.2 Å². The van der Waals surface area contributed by atoms with Gasteiger partial charge in [0, 0.05) is 27.3 Å². The first-order valence-corrected chi connectivity index (χ1v) is 8.42. The van der Waals surface area contributed by atoms with Crippen molar-refractivity contribution in [3.8, 4) is 0 Å². The number of hydrogen-bond donors (Lipinski definition) is 2. The van der Waals surface area contributed by atoms with Gasteiger partial charge < -0.3 is 10.6 Å². The Labute approximate surface area is 150 Å². The van der Waals surface area contributed by atoms with E-state index in [0.29, 0.717) is 21.3 Å². The topological polar surface area (TPSA) is 58.2 Å². The molecule has 24 heavy (non-hydrogen) atoms. The van der Waals surface area contributed by atoms with Crippen molar-refractivity contribution in [2.45, 2.75) is 19.3 Å². The molecule has 0 saturated heterocycles. The van der Waals surface area contributed by atoms with Crippen LogP contribution in [0.25, 0.3) is 0 Å². The summed E-state index contributed by atoms with van der Waals surface area (Å²) < 4.78 is 0. The van der Waals surface area contributed by atoms with Gasteiger partial charge in [0.2, 0.25) is 11.8 Å². The van der Waals surface area contributed by atoms with Gasteiger partial charge in [-0.05, 0) is 54.8 Å². The number of carbonyl (C=O) groups is 2. The molecule has 0 bridgehead atoms. The molecule has 2 amide bonds. The molecule has 2 N–H and O–H groups in total. The molecule has 2 aromatic rings. The molecule has 124 valence electrons. The van der Waals surface area contributed by atoms with Crippen molar-refractivity contribution < 1.29 is 9.59 Å². The first kappa shape index (κ1) is 16.8. The summed E-state index contributed by atoms with van der Waals surface area (Å²) in [4.78, 5) is 23.8. The standard InChI is InChI=1S/C18H16Cl2N2O2/c19-15-2-1-3-16(20)14(15)10-17(23)21-12-6-8-13(9-7-12)22-18(24)11-4-5-11/h1-3,6-9,11H,4-5,10H2,(H,21,23)(H,22,24). The van der Waals surface area contributed by atoms with E-state index in [1.807, 2.05) is 0 Å². The van der Waals surface area contributed by atoms with E-state index in [9.17, 15) is 9.59 Å². The number of anilines is 2. The average molecular weight is 363 g/mol. The van der Waals surface area contributed by atoms with Crippen LogP contribution < -0.4 is 10.6 Å². The van der Waals surface area contributed by atoms with Gasteiger partial charge in [-0.3, -0.25) is 9.59 Å². The molecule has 0 spiro atoms. The summed E-state index contributed by atoms with van der Waals surface area (Å²) in [7, 11) is 0. The normalized spacial score (nSPS) is 13.4. The highest BCUT2D eigenvalue weighted by molar-refractivity contribution is 6.36. The van der Waals surface area contributed by atoms with Crippen molar-refractivity contribution in [2.75, 3.05) is 10.6 Å². The summed E-state index contributed by atoms with van der Waals surface area (Å²) in [6.07, 6.45) is 2.02. The van der Waals surface area contributed by atoms with E-state index in [4.69, 9.17) is 23.2 Å². The maximum Gasteiger partial charge on any atom is 0.228 e. The van der Waals surface area contributed by atoms with Crippen molar-refractivity contribution in [3.63, 3.8) is 0 Å². The second kappa shape index (κ2) is 7.24. The van der Waals surface area contributed by atoms with Crippen LogP contribution in [-0.4, -0.2) is 11.8 Å². The third kappa shape index (κ3) is 4.28. The zero-order valence-electron chi connectivity index (χ0n) is 12.8. The van der Waals surface area contributed by atoms with Crippen LogP contribution in [0.4, 0.5) is 11.4 Å². The van der Waals surface area contributed by atoms with E-state index in [2.05, 4.69) is 10.6 Å². The summed E-state index contributed by atoms with van der Waals surface area (Å²) in [5.74, 6) is 0.00432. The number of nitrogens with one attached hydrogen (secondary N) is 2. The fourth-order valence-corrected chi connectivity index (χ4v) is 2.82. The zero-order valence-corrected chi connectivity index (χ0v) is 14.3.